The van der Waals surface area contributed by atoms with Crippen LogP contribution in [0.3, 0.4) is 0 Å². The summed E-state index contributed by atoms with van der Waals surface area (Å²) in [6.45, 7) is 0. The average molecular weight is 240 g/mol. The molecule has 3 aromatic rings. The lowest BCUT2D eigenvalue weighted by atomic mass is 10.2. The van der Waals surface area contributed by atoms with Crippen LogP contribution in [-0.2, 0) is 0 Å². The molecule has 0 aliphatic carbocycles. The van der Waals surface area contributed by atoms with Crippen molar-refractivity contribution < 1.29 is 4.52 Å². The standard InChI is InChI=1S/C12H8N4O2/c17-10-2-1-9(7-14-10)12-15-11(16-18-12)8-3-5-13-6-4-8/h1-7H,(H,14,17). The highest BCUT2D eigenvalue weighted by molar-refractivity contribution is 5.58. The maximum absolute atomic E-state index is 11.0. The molecule has 6 nitrogen and oxygen atoms in total. The molecular weight excluding hydrogens is 232 g/mol. The Balaban J connectivity index is 1.99. The topological polar surface area (TPSA) is 84.7 Å². The van der Waals surface area contributed by atoms with E-state index in [2.05, 4.69) is 20.1 Å². The van der Waals surface area contributed by atoms with Gasteiger partial charge in [0, 0.05) is 30.2 Å². The van der Waals surface area contributed by atoms with Gasteiger partial charge in [-0.25, -0.2) is 0 Å². The Kier molecular flexibility index (Phi) is 2.45. The lowest BCUT2D eigenvalue weighted by Crippen LogP contribution is -2.01. The molecule has 0 radical (unpaired) electrons. The maximum atomic E-state index is 11.0. The van der Waals surface area contributed by atoms with Crippen molar-refractivity contribution in [2.45, 2.75) is 0 Å². The molecule has 0 unspecified atom stereocenters. The molecule has 18 heavy (non-hydrogen) atoms. The second-order valence-electron chi connectivity index (χ2n) is 3.60. The fraction of sp³-hybridized carbons (Fsp3) is 0. The van der Waals surface area contributed by atoms with Crippen LogP contribution in [0.1, 0.15) is 0 Å². The van der Waals surface area contributed by atoms with E-state index in [4.69, 9.17) is 4.52 Å². The number of rotatable bonds is 2. The van der Waals surface area contributed by atoms with E-state index in [-0.39, 0.29) is 5.56 Å². The van der Waals surface area contributed by atoms with E-state index in [1.807, 2.05) is 0 Å². The van der Waals surface area contributed by atoms with Gasteiger partial charge in [-0.2, -0.15) is 4.98 Å². The molecule has 3 aromatic heterocycles. The quantitative estimate of drug-likeness (QED) is 0.733. The maximum Gasteiger partial charge on any atom is 0.259 e. The van der Waals surface area contributed by atoms with Crippen LogP contribution in [0.5, 0.6) is 0 Å². The third kappa shape index (κ3) is 1.91. The van der Waals surface area contributed by atoms with Crippen molar-refractivity contribution in [1.29, 1.82) is 0 Å². The Morgan fingerprint density at radius 2 is 1.89 bits per heavy atom. The summed E-state index contributed by atoms with van der Waals surface area (Å²) < 4.78 is 5.14. The third-order valence-corrected chi connectivity index (χ3v) is 2.40. The monoisotopic (exact) mass is 240 g/mol. The van der Waals surface area contributed by atoms with E-state index in [1.165, 1.54) is 12.3 Å². The molecule has 0 bridgehead atoms. The van der Waals surface area contributed by atoms with Crippen LogP contribution < -0.4 is 5.56 Å². The van der Waals surface area contributed by atoms with Gasteiger partial charge in [0.2, 0.25) is 11.4 Å². The predicted molar refractivity (Wildman–Crippen MR) is 63.6 cm³/mol. The Morgan fingerprint density at radius 3 is 2.61 bits per heavy atom. The zero-order valence-corrected chi connectivity index (χ0v) is 9.20. The molecule has 0 amide bonds. The molecule has 0 aliphatic heterocycles. The van der Waals surface area contributed by atoms with Crippen LogP contribution >= 0.6 is 0 Å². The number of nitrogens with zero attached hydrogens (tertiary/aromatic N) is 3. The molecule has 6 heteroatoms. The Morgan fingerprint density at radius 1 is 1.06 bits per heavy atom. The van der Waals surface area contributed by atoms with Gasteiger partial charge in [0.15, 0.2) is 0 Å². The van der Waals surface area contributed by atoms with E-state index in [1.54, 1.807) is 30.6 Å². The molecular formula is C12H8N4O2. The van der Waals surface area contributed by atoms with E-state index < -0.39 is 0 Å². The molecule has 88 valence electrons. The summed E-state index contributed by atoms with van der Waals surface area (Å²) in [5.41, 5.74) is 1.32. The number of hydrogen-bond acceptors (Lipinski definition) is 5. The summed E-state index contributed by atoms with van der Waals surface area (Å²) in [6, 6.07) is 6.62. The van der Waals surface area contributed by atoms with Crippen molar-refractivity contribution >= 4 is 0 Å². The molecule has 0 aromatic carbocycles. The van der Waals surface area contributed by atoms with Crippen molar-refractivity contribution in [1.82, 2.24) is 20.1 Å². The molecule has 3 heterocycles. The predicted octanol–water partition coefficient (Wildman–Crippen LogP) is 1.49. The average Bonchev–Trinajstić information content (AvgIpc) is 2.90. The van der Waals surface area contributed by atoms with Gasteiger partial charge in [0.05, 0.1) is 5.56 Å². The van der Waals surface area contributed by atoms with E-state index >= 15 is 0 Å². The first-order valence-corrected chi connectivity index (χ1v) is 5.26. The summed E-state index contributed by atoms with van der Waals surface area (Å²) in [4.78, 5) is 21.7. The van der Waals surface area contributed by atoms with Crippen LogP contribution in [0.4, 0.5) is 0 Å². The summed E-state index contributed by atoms with van der Waals surface area (Å²) in [5.74, 6) is 0.844. The third-order valence-electron chi connectivity index (χ3n) is 2.40. The van der Waals surface area contributed by atoms with Crippen molar-refractivity contribution in [3.8, 4) is 22.8 Å². The minimum absolute atomic E-state index is 0.173. The van der Waals surface area contributed by atoms with Crippen molar-refractivity contribution in [2.75, 3.05) is 0 Å². The number of aromatic amines is 1. The highest BCUT2D eigenvalue weighted by Gasteiger charge is 2.10. The summed E-state index contributed by atoms with van der Waals surface area (Å²) in [7, 11) is 0. The van der Waals surface area contributed by atoms with Crippen molar-refractivity contribution in [3.63, 3.8) is 0 Å². The fourth-order valence-corrected chi connectivity index (χ4v) is 1.50. The minimum atomic E-state index is -0.173. The Bertz CT molecular complexity index is 698. The molecule has 0 fully saturated rings. The van der Waals surface area contributed by atoms with Gasteiger partial charge in [-0.3, -0.25) is 9.78 Å². The Labute approximate surface area is 101 Å². The van der Waals surface area contributed by atoms with Crippen molar-refractivity contribution in [3.05, 3.63) is 53.2 Å². The van der Waals surface area contributed by atoms with Gasteiger partial charge in [0.25, 0.3) is 5.89 Å². The number of aromatic nitrogens is 4. The lowest BCUT2D eigenvalue weighted by Gasteiger charge is -1.91. The molecule has 1 N–H and O–H groups in total. The van der Waals surface area contributed by atoms with Gasteiger partial charge >= 0.3 is 0 Å². The van der Waals surface area contributed by atoms with Gasteiger partial charge in [-0.05, 0) is 18.2 Å². The van der Waals surface area contributed by atoms with Gasteiger partial charge in [-0.1, -0.05) is 5.16 Å². The summed E-state index contributed by atoms with van der Waals surface area (Å²) in [6.07, 6.45) is 4.85. The summed E-state index contributed by atoms with van der Waals surface area (Å²) in [5, 5.41) is 3.88. The van der Waals surface area contributed by atoms with Crippen LogP contribution in [0.25, 0.3) is 22.8 Å². The van der Waals surface area contributed by atoms with Crippen molar-refractivity contribution in [2.24, 2.45) is 0 Å². The second kappa shape index (κ2) is 4.25. The van der Waals surface area contributed by atoms with Crippen LogP contribution in [0, 0.1) is 0 Å². The zero-order chi connectivity index (χ0) is 12.4. The molecule has 3 rings (SSSR count). The number of nitrogens with one attached hydrogen (secondary N) is 1. The molecule has 0 saturated heterocycles. The highest BCUT2D eigenvalue weighted by Crippen LogP contribution is 2.20. The van der Waals surface area contributed by atoms with E-state index in [0.29, 0.717) is 17.3 Å². The number of pyridine rings is 2. The molecule has 0 atom stereocenters. The van der Waals surface area contributed by atoms with Gasteiger partial charge < -0.3 is 9.51 Å². The first kappa shape index (κ1) is 10.4. The van der Waals surface area contributed by atoms with E-state index in [0.717, 1.165) is 5.56 Å². The largest absolute Gasteiger partial charge is 0.334 e. The minimum Gasteiger partial charge on any atom is -0.334 e. The number of hydrogen-bond donors (Lipinski definition) is 1. The van der Waals surface area contributed by atoms with Gasteiger partial charge in [-0.15, -0.1) is 0 Å². The first-order valence-electron chi connectivity index (χ1n) is 5.26. The SMILES string of the molecule is O=c1ccc(-c2nc(-c3ccncc3)no2)c[nH]1. The molecule has 0 aliphatic rings. The second-order valence-corrected chi connectivity index (χ2v) is 3.60. The lowest BCUT2D eigenvalue weighted by molar-refractivity contribution is 0.432. The fourth-order valence-electron chi connectivity index (χ4n) is 1.50. The molecule has 0 saturated carbocycles. The van der Waals surface area contributed by atoms with Gasteiger partial charge in [0.1, 0.15) is 0 Å². The number of H-pyrrole nitrogens is 1. The Hall–Kier alpha value is -2.76. The zero-order valence-electron chi connectivity index (χ0n) is 9.20. The van der Waals surface area contributed by atoms with Crippen LogP contribution in [0.15, 0.2) is 52.2 Å². The smallest absolute Gasteiger partial charge is 0.259 e. The van der Waals surface area contributed by atoms with E-state index in [9.17, 15) is 4.79 Å². The normalized spacial score (nSPS) is 10.4. The van der Waals surface area contributed by atoms with Crippen LogP contribution in [0.2, 0.25) is 0 Å². The summed E-state index contributed by atoms with van der Waals surface area (Å²) >= 11 is 0. The van der Waals surface area contributed by atoms with Crippen LogP contribution in [-0.4, -0.2) is 20.1 Å². The highest BCUT2D eigenvalue weighted by atomic mass is 16.5. The first-order chi connectivity index (χ1) is 8.83. The molecule has 0 spiro atoms.